The molecule has 6 nitrogen and oxygen atoms in total. The molecule has 0 atom stereocenters. The minimum Gasteiger partial charge on any atom is -0.487 e. The molecule has 0 amide bonds. The predicted molar refractivity (Wildman–Crippen MR) is 79.3 cm³/mol. The summed E-state index contributed by atoms with van der Waals surface area (Å²) in [5.41, 5.74) is 0. The van der Waals surface area contributed by atoms with Crippen molar-refractivity contribution in [3.05, 3.63) is 23.5 Å². The van der Waals surface area contributed by atoms with E-state index >= 15 is 0 Å². The van der Waals surface area contributed by atoms with Crippen LogP contribution in [0.4, 0.5) is 0 Å². The van der Waals surface area contributed by atoms with Gasteiger partial charge in [0.2, 0.25) is 0 Å². The zero-order valence-electron chi connectivity index (χ0n) is 12.0. The highest BCUT2D eigenvalue weighted by atomic mass is 35.5. The molecule has 0 N–H and O–H groups in total. The van der Waals surface area contributed by atoms with Gasteiger partial charge in [-0.05, 0) is 12.1 Å². The van der Waals surface area contributed by atoms with Crippen LogP contribution in [-0.2, 0) is 9.47 Å². The number of nitrogens with zero attached hydrogens (tertiary/aromatic N) is 2. The molecule has 0 spiro atoms. The second kappa shape index (κ2) is 7.97. The van der Waals surface area contributed by atoms with Crippen LogP contribution in [0, 0.1) is 0 Å². The topological polar surface area (TPSA) is 62.7 Å². The Morgan fingerprint density at radius 3 is 2.19 bits per heavy atom. The molecule has 0 saturated carbocycles. The van der Waals surface area contributed by atoms with Crippen LogP contribution in [0.15, 0.2) is 18.3 Å². The van der Waals surface area contributed by atoms with Crippen molar-refractivity contribution >= 4 is 22.4 Å². The molecular formula is C14H17ClN2O4. The maximum Gasteiger partial charge on any atom is 0.162 e. The fourth-order valence-electron chi connectivity index (χ4n) is 1.75. The normalized spacial score (nSPS) is 10.8. The van der Waals surface area contributed by atoms with E-state index in [9.17, 15) is 0 Å². The zero-order valence-corrected chi connectivity index (χ0v) is 12.7. The highest BCUT2D eigenvalue weighted by Crippen LogP contribution is 2.34. The van der Waals surface area contributed by atoms with Crippen LogP contribution in [0.2, 0.25) is 5.15 Å². The van der Waals surface area contributed by atoms with Crippen LogP contribution >= 0.6 is 11.6 Å². The van der Waals surface area contributed by atoms with E-state index in [0.717, 1.165) is 10.8 Å². The summed E-state index contributed by atoms with van der Waals surface area (Å²) in [5.74, 6) is 1.20. The van der Waals surface area contributed by atoms with Gasteiger partial charge in [0.25, 0.3) is 0 Å². The van der Waals surface area contributed by atoms with E-state index in [1.165, 1.54) is 0 Å². The summed E-state index contributed by atoms with van der Waals surface area (Å²) in [4.78, 5) is 0. The van der Waals surface area contributed by atoms with Gasteiger partial charge >= 0.3 is 0 Å². The lowest BCUT2D eigenvalue weighted by atomic mass is 10.2. The second-order valence-electron chi connectivity index (χ2n) is 4.20. The Morgan fingerprint density at radius 1 is 0.952 bits per heavy atom. The van der Waals surface area contributed by atoms with Gasteiger partial charge in [-0.25, -0.2) is 0 Å². The third kappa shape index (κ3) is 4.17. The molecule has 21 heavy (non-hydrogen) atoms. The van der Waals surface area contributed by atoms with Crippen LogP contribution in [0.5, 0.6) is 11.5 Å². The van der Waals surface area contributed by atoms with Gasteiger partial charge in [-0.15, -0.1) is 5.10 Å². The van der Waals surface area contributed by atoms with Crippen LogP contribution in [0.3, 0.4) is 0 Å². The van der Waals surface area contributed by atoms with E-state index in [1.807, 2.05) is 6.07 Å². The van der Waals surface area contributed by atoms with E-state index in [0.29, 0.717) is 43.1 Å². The van der Waals surface area contributed by atoms with Crippen molar-refractivity contribution in [2.45, 2.75) is 0 Å². The molecule has 0 saturated heterocycles. The SMILES string of the molecule is COCCOc1cc2cnnc(Cl)c2cc1OCCOC. The lowest BCUT2D eigenvalue weighted by Crippen LogP contribution is -2.08. The van der Waals surface area contributed by atoms with Gasteiger partial charge in [0.05, 0.1) is 19.4 Å². The van der Waals surface area contributed by atoms with E-state index in [-0.39, 0.29) is 0 Å². The number of methoxy groups -OCH3 is 2. The molecule has 1 heterocycles. The molecule has 7 heteroatoms. The fourth-order valence-corrected chi connectivity index (χ4v) is 1.96. The van der Waals surface area contributed by atoms with Gasteiger partial charge in [-0.1, -0.05) is 11.6 Å². The predicted octanol–water partition coefficient (Wildman–Crippen LogP) is 2.33. The van der Waals surface area contributed by atoms with Gasteiger partial charge in [0, 0.05) is 25.0 Å². The molecule has 0 bridgehead atoms. The maximum absolute atomic E-state index is 6.05. The van der Waals surface area contributed by atoms with Crippen LogP contribution in [0.25, 0.3) is 10.8 Å². The molecule has 2 aromatic rings. The first-order chi connectivity index (χ1) is 10.3. The Morgan fingerprint density at radius 2 is 1.57 bits per heavy atom. The lowest BCUT2D eigenvalue weighted by Gasteiger charge is -2.14. The molecule has 2 rings (SSSR count). The van der Waals surface area contributed by atoms with Crippen molar-refractivity contribution in [1.29, 1.82) is 0 Å². The number of aromatic nitrogens is 2. The first-order valence-corrected chi connectivity index (χ1v) is 6.82. The average molecular weight is 313 g/mol. The quantitative estimate of drug-likeness (QED) is 0.697. The smallest absolute Gasteiger partial charge is 0.162 e. The third-order valence-corrected chi connectivity index (χ3v) is 3.05. The molecule has 0 aliphatic rings. The van der Waals surface area contributed by atoms with Gasteiger partial charge in [-0.2, -0.15) is 5.10 Å². The van der Waals surface area contributed by atoms with Crippen LogP contribution in [0.1, 0.15) is 0 Å². The van der Waals surface area contributed by atoms with Crippen LogP contribution < -0.4 is 9.47 Å². The summed E-state index contributed by atoms with van der Waals surface area (Å²) >= 11 is 6.05. The van der Waals surface area contributed by atoms with E-state index in [1.54, 1.807) is 26.5 Å². The summed E-state index contributed by atoms with van der Waals surface area (Å²) in [6.45, 7) is 1.82. The lowest BCUT2D eigenvalue weighted by molar-refractivity contribution is 0.132. The molecule has 0 radical (unpaired) electrons. The fraction of sp³-hybridized carbons (Fsp3) is 0.429. The van der Waals surface area contributed by atoms with E-state index < -0.39 is 0 Å². The van der Waals surface area contributed by atoms with Crippen molar-refractivity contribution in [2.75, 3.05) is 40.6 Å². The minimum atomic E-state index is 0.326. The second-order valence-corrected chi connectivity index (χ2v) is 4.56. The summed E-state index contributed by atoms with van der Waals surface area (Å²) in [6.07, 6.45) is 1.63. The standard InChI is InChI=1S/C14H17ClN2O4/c1-18-3-5-20-12-7-10-9-16-17-14(15)11(10)8-13(12)21-6-4-19-2/h7-9H,3-6H2,1-2H3. The van der Waals surface area contributed by atoms with Crippen molar-refractivity contribution in [1.82, 2.24) is 10.2 Å². The third-order valence-electron chi connectivity index (χ3n) is 2.77. The first kappa shape index (κ1) is 15.8. The molecule has 1 aromatic heterocycles. The number of halogens is 1. The highest BCUT2D eigenvalue weighted by molar-refractivity contribution is 6.34. The maximum atomic E-state index is 6.05. The molecule has 0 aliphatic carbocycles. The van der Waals surface area contributed by atoms with Gasteiger partial charge in [0.15, 0.2) is 16.7 Å². The Balaban J connectivity index is 2.29. The van der Waals surface area contributed by atoms with Crippen molar-refractivity contribution in [3.63, 3.8) is 0 Å². The first-order valence-electron chi connectivity index (χ1n) is 6.44. The van der Waals surface area contributed by atoms with Crippen LogP contribution in [-0.4, -0.2) is 50.8 Å². The molecular weight excluding hydrogens is 296 g/mol. The molecule has 0 fully saturated rings. The number of rotatable bonds is 8. The van der Waals surface area contributed by atoms with Gasteiger partial charge in [0.1, 0.15) is 13.2 Å². The molecule has 1 aromatic carbocycles. The van der Waals surface area contributed by atoms with Crippen molar-refractivity contribution in [2.24, 2.45) is 0 Å². The van der Waals surface area contributed by atoms with E-state index in [4.69, 9.17) is 30.5 Å². The molecule has 0 unspecified atom stereocenters. The summed E-state index contributed by atoms with van der Waals surface area (Å²) in [7, 11) is 3.24. The zero-order chi connectivity index (χ0) is 15.1. The van der Waals surface area contributed by atoms with Gasteiger partial charge < -0.3 is 18.9 Å². The van der Waals surface area contributed by atoms with Gasteiger partial charge in [-0.3, -0.25) is 0 Å². The number of hydrogen-bond acceptors (Lipinski definition) is 6. The number of ether oxygens (including phenoxy) is 4. The number of fused-ring (bicyclic) bond motifs is 1. The summed E-state index contributed by atoms with van der Waals surface area (Å²) in [6, 6.07) is 3.62. The monoisotopic (exact) mass is 312 g/mol. The Hall–Kier alpha value is -1.63. The van der Waals surface area contributed by atoms with Crippen molar-refractivity contribution < 1.29 is 18.9 Å². The molecule has 0 aliphatic heterocycles. The Labute approximate surface area is 127 Å². The Kier molecular flexibility index (Phi) is 5.98. The number of benzene rings is 1. The molecule has 114 valence electrons. The Bertz CT molecular complexity index is 594. The van der Waals surface area contributed by atoms with E-state index in [2.05, 4.69) is 10.2 Å². The largest absolute Gasteiger partial charge is 0.487 e. The minimum absolute atomic E-state index is 0.326. The van der Waals surface area contributed by atoms with Crippen molar-refractivity contribution in [3.8, 4) is 11.5 Å². The average Bonchev–Trinajstić information content (AvgIpc) is 2.49. The highest BCUT2D eigenvalue weighted by Gasteiger charge is 2.11. The summed E-state index contributed by atoms with van der Waals surface area (Å²) in [5, 5.41) is 9.58. The summed E-state index contributed by atoms with van der Waals surface area (Å²) < 4.78 is 21.3. The number of hydrogen-bond donors (Lipinski definition) is 0.